The van der Waals surface area contributed by atoms with Gasteiger partial charge in [0.25, 0.3) is 5.91 Å². The minimum Gasteiger partial charge on any atom is -0.384 e. The van der Waals surface area contributed by atoms with Gasteiger partial charge in [-0.2, -0.15) is 0 Å². The summed E-state index contributed by atoms with van der Waals surface area (Å²) in [7, 11) is 0. The van der Waals surface area contributed by atoms with Crippen LogP contribution in [-0.4, -0.2) is 30.4 Å². The van der Waals surface area contributed by atoms with Crippen molar-refractivity contribution in [1.29, 1.82) is 0 Å². The quantitative estimate of drug-likeness (QED) is 0.908. The van der Waals surface area contributed by atoms with E-state index < -0.39 is 0 Å². The SMILES string of the molecule is CCCNc1cc(C)ccc1C(=O)N1CCCC(C)C1. The van der Waals surface area contributed by atoms with Gasteiger partial charge in [-0.15, -0.1) is 0 Å². The van der Waals surface area contributed by atoms with Crippen molar-refractivity contribution >= 4 is 11.6 Å². The van der Waals surface area contributed by atoms with Crippen LogP contribution < -0.4 is 5.32 Å². The number of anilines is 1. The van der Waals surface area contributed by atoms with Gasteiger partial charge in [-0.3, -0.25) is 4.79 Å². The van der Waals surface area contributed by atoms with Crippen molar-refractivity contribution in [1.82, 2.24) is 4.90 Å². The Morgan fingerprint density at radius 1 is 1.45 bits per heavy atom. The number of carbonyl (C=O) groups is 1. The zero-order chi connectivity index (χ0) is 14.5. The molecule has 0 saturated carbocycles. The highest BCUT2D eigenvalue weighted by molar-refractivity contribution is 5.99. The van der Waals surface area contributed by atoms with E-state index in [-0.39, 0.29) is 5.91 Å². The number of hydrogen-bond acceptors (Lipinski definition) is 2. The fourth-order valence-corrected chi connectivity index (χ4v) is 2.79. The molecule has 0 aliphatic carbocycles. The number of rotatable bonds is 4. The van der Waals surface area contributed by atoms with Crippen molar-refractivity contribution in [3.63, 3.8) is 0 Å². The Morgan fingerprint density at radius 3 is 2.95 bits per heavy atom. The number of amides is 1. The number of hydrogen-bond donors (Lipinski definition) is 1. The Hall–Kier alpha value is -1.51. The summed E-state index contributed by atoms with van der Waals surface area (Å²) >= 11 is 0. The lowest BCUT2D eigenvalue weighted by atomic mass is 9.99. The van der Waals surface area contributed by atoms with Crippen molar-refractivity contribution in [2.24, 2.45) is 5.92 Å². The molecule has 2 rings (SSSR count). The molecule has 1 saturated heterocycles. The average Bonchev–Trinajstić information content (AvgIpc) is 2.44. The molecule has 0 radical (unpaired) electrons. The molecule has 3 nitrogen and oxygen atoms in total. The third-order valence-electron chi connectivity index (χ3n) is 3.92. The lowest BCUT2D eigenvalue weighted by molar-refractivity contribution is 0.0684. The predicted octanol–water partition coefficient (Wildman–Crippen LogP) is 3.69. The lowest BCUT2D eigenvalue weighted by Gasteiger charge is -2.31. The van der Waals surface area contributed by atoms with Gasteiger partial charge in [0.15, 0.2) is 0 Å². The van der Waals surface area contributed by atoms with Crippen molar-refractivity contribution in [3.05, 3.63) is 29.3 Å². The third kappa shape index (κ3) is 3.53. The Balaban J connectivity index is 2.19. The first-order valence-corrected chi connectivity index (χ1v) is 7.75. The summed E-state index contributed by atoms with van der Waals surface area (Å²) in [6, 6.07) is 6.07. The molecule has 1 aromatic carbocycles. The second-order valence-electron chi connectivity index (χ2n) is 5.97. The molecule has 0 aromatic heterocycles. The summed E-state index contributed by atoms with van der Waals surface area (Å²) in [5.41, 5.74) is 2.99. The summed E-state index contributed by atoms with van der Waals surface area (Å²) < 4.78 is 0. The molecule has 1 amide bonds. The zero-order valence-electron chi connectivity index (χ0n) is 12.9. The maximum atomic E-state index is 12.7. The maximum Gasteiger partial charge on any atom is 0.255 e. The molecule has 3 heteroatoms. The highest BCUT2D eigenvalue weighted by Gasteiger charge is 2.23. The Kier molecular flexibility index (Phi) is 5.05. The van der Waals surface area contributed by atoms with Crippen molar-refractivity contribution in [2.75, 3.05) is 25.0 Å². The van der Waals surface area contributed by atoms with Crippen LogP contribution in [0.4, 0.5) is 5.69 Å². The highest BCUT2D eigenvalue weighted by atomic mass is 16.2. The topological polar surface area (TPSA) is 32.3 Å². The number of nitrogens with zero attached hydrogens (tertiary/aromatic N) is 1. The van der Waals surface area contributed by atoms with E-state index in [1.807, 2.05) is 17.0 Å². The minimum atomic E-state index is 0.176. The fourth-order valence-electron chi connectivity index (χ4n) is 2.79. The number of carbonyl (C=O) groups excluding carboxylic acids is 1. The molecular formula is C17H26N2O. The molecule has 1 heterocycles. The highest BCUT2D eigenvalue weighted by Crippen LogP contribution is 2.23. The molecule has 0 spiro atoms. The van der Waals surface area contributed by atoms with E-state index in [1.165, 1.54) is 12.0 Å². The van der Waals surface area contributed by atoms with E-state index in [9.17, 15) is 4.79 Å². The van der Waals surface area contributed by atoms with Gasteiger partial charge in [0, 0.05) is 25.3 Å². The first-order valence-electron chi connectivity index (χ1n) is 7.75. The molecule has 1 atom stereocenters. The molecule has 1 unspecified atom stereocenters. The smallest absolute Gasteiger partial charge is 0.255 e. The fraction of sp³-hybridized carbons (Fsp3) is 0.588. The normalized spacial score (nSPS) is 18.9. The van der Waals surface area contributed by atoms with E-state index in [0.29, 0.717) is 5.92 Å². The van der Waals surface area contributed by atoms with E-state index in [4.69, 9.17) is 0 Å². The van der Waals surface area contributed by atoms with Gasteiger partial charge in [-0.05, 0) is 49.8 Å². The summed E-state index contributed by atoms with van der Waals surface area (Å²) in [4.78, 5) is 14.7. The number of aryl methyl sites for hydroxylation is 1. The molecular weight excluding hydrogens is 248 g/mol. The van der Waals surface area contributed by atoms with Gasteiger partial charge < -0.3 is 10.2 Å². The molecule has 110 valence electrons. The number of piperidine rings is 1. The van der Waals surface area contributed by atoms with Crippen LogP contribution in [0, 0.1) is 12.8 Å². The van der Waals surface area contributed by atoms with Crippen LogP contribution in [0.15, 0.2) is 18.2 Å². The monoisotopic (exact) mass is 274 g/mol. The Morgan fingerprint density at radius 2 is 2.25 bits per heavy atom. The summed E-state index contributed by atoms with van der Waals surface area (Å²) in [6.07, 6.45) is 3.41. The van der Waals surface area contributed by atoms with Crippen LogP contribution in [0.1, 0.15) is 49.0 Å². The first-order chi connectivity index (χ1) is 9.61. The van der Waals surface area contributed by atoms with E-state index in [2.05, 4.69) is 32.2 Å². The van der Waals surface area contributed by atoms with Crippen LogP contribution in [0.3, 0.4) is 0 Å². The van der Waals surface area contributed by atoms with Crippen molar-refractivity contribution in [3.8, 4) is 0 Å². The van der Waals surface area contributed by atoms with Gasteiger partial charge in [0.05, 0.1) is 5.56 Å². The van der Waals surface area contributed by atoms with Crippen LogP contribution in [0.2, 0.25) is 0 Å². The van der Waals surface area contributed by atoms with Crippen LogP contribution in [-0.2, 0) is 0 Å². The van der Waals surface area contributed by atoms with Gasteiger partial charge in [-0.25, -0.2) is 0 Å². The van der Waals surface area contributed by atoms with E-state index >= 15 is 0 Å². The van der Waals surface area contributed by atoms with Gasteiger partial charge >= 0.3 is 0 Å². The van der Waals surface area contributed by atoms with Gasteiger partial charge in [0.2, 0.25) is 0 Å². The van der Waals surface area contributed by atoms with Gasteiger partial charge in [-0.1, -0.05) is 19.9 Å². The first kappa shape index (κ1) is 14.9. The predicted molar refractivity (Wildman–Crippen MR) is 84.3 cm³/mol. The Labute approximate surface area is 122 Å². The van der Waals surface area contributed by atoms with Crippen LogP contribution >= 0.6 is 0 Å². The molecule has 1 aliphatic heterocycles. The van der Waals surface area contributed by atoms with E-state index in [0.717, 1.165) is 43.7 Å². The zero-order valence-corrected chi connectivity index (χ0v) is 12.9. The molecule has 1 N–H and O–H groups in total. The lowest BCUT2D eigenvalue weighted by Crippen LogP contribution is -2.39. The molecule has 20 heavy (non-hydrogen) atoms. The maximum absolute atomic E-state index is 12.7. The molecule has 1 fully saturated rings. The summed E-state index contributed by atoms with van der Waals surface area (Å²) in [5, 5.41) is 3.39. The second-order valence-corrected chi connectivity index (χ2v) is 5.97. The van der Waals surface area contributed by atoms with Crippen LogP contribution in [0.25, 0.3) is 0 Å². The number of nitrogens with one attached hydrogen (secondary N) is 1. The van der Waals surface area contributed by atoms with Crippen molar-refractivity contribution in [2.45, 2.75) is 40.0 Å². The summed E-state index contributed by atoms with van der Waals surface area (Å²) in [6.45, 7) is 9.11. The molecule has 1 aliphatic rings. The molecule has 1 aromatic rings. The largest absolute Gasteiger partial charge is 0.384 e. The van der Waals surface area contributed by atoms with Gasteiger partial charge in [0.1, 0.15) is 0 Å². The number of likely N-dealkylation sites (tertiary alicyclic amines) is 1. The van der Waals surface area contributed by atoms with E-state index in [1.54, 1.807) is 0 Å². The average molecular weight is 274 g/mol. The Bertz CT molecular complexity index is 470. The minimum absolute atomic E-state index is 0.176. The molecule has 0 bridgehead atoms. The summed E-state index contributed by atoms with van der Waals surface area (Å²) in [5.74, 6) is 0.792. The van der Waals surface area contributed by atoms with Crippen molar-refractivity contribution < 1.29 is 4.79 Å². The standard InChI is InChI=1S/C17H26N2O/c1-4-9-18-16-11-13(2)7-8-15(16)17(20)19-10-5-6-14(3)12-19/h7-8,11,14,18H,4-6,9-10,12H2,1-3H3. The van der Waals surface area contributed by atoms with Crippen LogP contribution in [0.5, 0.6) is 0 Å². The second kappa shape index (κ2) is 6.78. The third-order valence-corrected chi connectivity index (χ3v) is 3.92. The number of benzene rings is 1.